The highest BCUT2D eigenvalue weighted by Crippen LogP contribution is 2.17. The van der Waals surface area contributed by atoms with Crippen LogP contribution in [0.25, 0.3) is 0 Å². The quantitative estimate of drug-likeness (QED) is 0.729. The molecule has 0 aromatic heterocycles. The Labute approximate surface area is 112 Å². The van der Waals surface area contributed by atoms with Crippen molar-refractivity contribution < 1.29 is 18.3 Å². The predicted molar refractivity (Wildman–Crippen MR) is 72.3 cm³/mol. The molecular weight excluding hydrogens is 268 g/mol. The summed E-state index contributed by atoms with van der Waals surface area (Å²) >= 11 is 0. The zero-order valence-electron chi connectivity index (χ0n) is 10.8. The number of anilines is 1. The van der Waals surface area contributed by atoms with E-state index in [1.54, 1.807) is 12.1 Å². The van der Waals surface area contributed by atoms with E-state index in [1.807, 2.05) is 13.8 Å². The van der Waals surface area contributed by atoms with Crippen molar-refractivity contribution in [2.75, 3.05) is 5.32 Å². The Morgan fingerprint density at radius 1 is 1.32 bits per heavy atom. The van der Waals surface area contributed by atoms with Gasteiger partial charge in [-0.1, -0.05) is 13.8 Å². The highest BCUT2D eigenvalue weighted by Gasteiger charge is 2.17. The number of carbonyl (C=O) groups is 1. The van der Waals surface area contributed by atoms with Crippen LogP contribution in [0.4, 0.5) is 5.69 Å². The maximum absolute atomic E-state index is 11.1. The van der Waals surface area contributed by atoms with Gasteiger partial charge in [0.05, 0.1) is 11.3 Å². The van der Waals surface area contributed by atoms with E-state index in [0.717, 1.165) is 0 Å². The van der Waals surface area contributed by atoms with Gasteiger partial charge in [0.2, 0.25) is 10.0 Å². The summed E-state index contributed by atoms with van der Waals surface area (Å²) in [7, 11) is -3.71. The summed E-state index contributed by atoms with van der Waals surface area (Å²) in [6.45, 7) is 3.83. The number of benzene rings is 1. The van der Waals surface area contributed by atoms with Crippen molar-refractivity contribution in [3.05, 3.63) is 24.3 Å². The van der Waals surface area contributed by atoms with Crippen molar-refractivity contribution in [3.8, 4) is 0 Å². The van der Waals surface area contributed by atoms with E-state index < -0.39 is 16.0 Å². The third-order valence-electron chi connectivity index (χ3n) is 2.73. The minimum atomic E-state index is -3.71. The minimum Gasteiger partial charge on any atom is -0.481 e. The van der Waals surface area contributed by atoms with Gasteiger partial charge in [0.15, 0.2) is 0 Å². The first-order valence-corrected chi connectivity index (χ1v) is 7.36. The van der Waals surface area contributed by atoms with Crippen LogP contribution in [0.5, 0.6) is 0 Å². The molecule has 0 radical (unpaired) electrons. The summed E-state index contributed by atoms with van der Waals surface area (Å²) in [4.78, 5) is 10.8. The molecule has 0 fully saturated rings. The van der Waals surface area contributed by atoms with Crippen LogP contribution in [-0.2, 0) is 14.8 Å². The molecule has 0 aliphatic carbocycles. The van der Waals surface area contributed by atoms with Crippen molar-refractivity contribution in [2.45, 2.75) is 31.2 Å². The molecule has 19 heavy (non-hydrogen) atoms. The molecule has 0 bridgehead atoms. The number of carboxylic acid groups (broad SMARTS) is 1. The molecule has 0 saturated carbocycles. The lowest BCUT2D eigenvalue weighted by Gasteiger charge is -2.21. The maximum Gasteiger partial charge on any atom is 0.305 e. The van der Waals surface area contributed by atoms with Gasteiger partial charge in [-0.05, 0) is 30.2 Å². The van der Waals surface area contributed by atoms with Crippen LogP contribution < -0.4 is 10.5 Å². The largest absolute Gasteiger partial charge is 0.481 e. The molecule has 1 atom stereocenters. The second kappa shape index (κ2) is 6.03. The SMILES string of the molecule is CC(C)C(CC(=O)O)Nc1ccc(S(N)(=O)=O)cc1. The highest BCUT2D eigenvalue weighted by atomic mass is 32.2. The van der Waals surface area contributed by atoms with Crippen LogP contribution in [0.1, 0.15) is 20.3 Å². The minimum absolute atomic E-state index is 0.00535. The van der Waals surface area contributed by atoms with Crippen LogP contribution in [-0.4, -0.2) is 25.5 Å². The number of hydrogen-bond acceptors (Lipinski definition) is 4. The van der Waals surface area contributed by atoms with Gasteiger partial charge in [0.25, 0.3) is 0 Å². The molecule has 4 N–H and O–H groups in total. The Morgan fingerprint density at radius 3 is 2.21 bits per heavy atom. The van der Waals surface area contributed by atoms with Crippen LogP contribution >= 0.6 is 0 Å². The van der Waals surface area contributed by atoms with Crippen molar-refractivity contribution in [3.63, 3.8) is 0 Å². The molecule has 0 aliphatic heterocycles. The number of hydrogen-bond donors (Lipinski definition) is 3. The van der Waals surface area contributed by atoms with E-state index in [4.69, 9.17) is 10.2 Å². The van der Waals surface area contributed by atoms with Crippen LogP contribution in [0.15, 0.2) is 29.2 Å². The molecule has 1 unspecified atom stereocenters. The summed E-state index contributed by atoms with van der Waals surface area (Å²) in [6.07, 6.45) is -0.00535. The molecule has 6 nitrogen and oxygen atoms in total. The summed E-state index contributed by atoms with van der Waals surface area (Å²) in [5.41, 5.74) is 0.660. The van der Waals surface area contributed by atoms with E-state index in [-0.39, 0.29) is 23.3 Å². The monoisotopic (exact) mass is 286 g/mol. The average Bonchev–Trinajstić information content (AvgIpc) is 2.27. The molecule has 0 saturated heterocycles. The topological polar surface area (TPSA) is 109 Å². The van der Waals surface area contributed by atoms with Gasteiger partial charge >= 0.3 is 5.97 Å². The lowest BCUT2D eigenvalue weighted by atomic mass is 10.0. The number of sulfonamides is 1. The first-order chi connectivity index (χ1) is 8.70. The van der Waals surface area contributed by atoms with Crippen molar-refractivity contribution in [1.82, 2.24) is 0 Å². The number of carboxylic acids is 1. The fourth-order valence-electron chi connectivity index (χ4n) is 1.60. The Kier molecular flexibility index (Phi) is 4.90. The Hall–Kier alpha value is -1.60. The van der Waals surface area contributed by atoms with Gasteiger partial charge in [-0.15, -0.1) is 0 Å². The number of nitrogens with one attached hydrogen (secondary N) is 1. The Bertz CT molecular complexity index is 537. The molecule has 7 heteroatoms. The lowest BCUT2D eigenvalue weighted by Crippen LogP contribution is -2.28. The molecule has 0 amide bonds. The van der Waals surface area contributed by atoms with Gasteiger partial charge < -0.3 is 10.4 Å². The van der Waals surface area contributed by atoms with Gasteiger partial charge in [-0.3, -0.25) is 4.79 Å². The molecule has 0 spiro atoms. The molecule has 1 aromatic carbocycles. The van der Waals surface area contributed by atoms with Crippen molar-refractivity contribution >= 4 is 21.7 Å². The third kappa shape index (κ3) is 4.88. The molecule has 1 aromatic rings. The van der Waals surface area contributed by atoms with Crippen LogP contribution in [0.3, 0.4) is 0 Å². The first kappa shape index (κ1) is 15.5. The van der Waals surface area contributed by atoms with E-state index in [9.17, 15) is 13.2 Å². The molecule has 106 valence electrons. The molecule has 0 aliphatic rings. The van der Waals surface area contributed by atoms with Crippen molar-refractivity contribution in [1.29, 1.82) is 0 Å². The van der Waals surface area contributed by atoms with Gasteiger partial charge in [0, 0.05) is 11.7 Å². The number of rotatable bonds is 6. The summed E-state index contributed by atoms with van der Waals surface area (Å²) < 4.78 is 22.2. The first-order valence-electron chi connectivity index (χ1n) is 5.81. The molecular formula is C12H18N2O4S. The smallest absolute Gasteiger partial charge is 0.305 e. The number of aliphatic carboxylic acids is 1. The Balaban J connectivity index is 2.84. The molecule has 0 heterocycles. The Morgan fingerprint density at radius 2 is 1.84 bits per heavy atom. The van der Waals surface area contributed by atoms with Crippen LogP contribution in [0.2, 0.25) is 0 Å². The fraction of sp³-hybridized carbons (Fsp3) is 0.417. The standard InChI is InChI=1S/C12H18N2O4S/c1-8(2)11(7-12(15)16)14-9-3-5-10(6-4-9)19(13,17)18/h3-6,8,11,14H,7H2,1-2H3,(H,15,16)(H2,13,17,18). The molecule has 1 rings (SSSR count). The number of nitrogens with two attached hydrogens (primary N) is 1. The van der Waals surface area contributed by atoms with Crippen molar-refractivity contribution in [2.24, 2.45) is 11.1 Å². The second-order valence-electron chi connectivity index (χ2n) is 4.66. The normalized spacial score (nSPS) is 13.3. The van der Waals surface area contributed by atoms with Gasteiger partial charge in [-0.25, -0.2) is 13.6 Å². The van der Waals surface area contributed by atoms with E-state index in [2.05, 4.69) is 5.32 Å². The zero-order chi connectivity index (χ0) is 14.6. The lowest BCUT2D eigenvalue weighted by molar-refractivity contribution is -0.137. The van der Waals surface area contributed by atoms with Crippen LogP contribution in [0, 0.1) is 5.92 Å². The van der Waals surface area contributed by atoms with Gasteiger partial charge in [-0.2, -0.15) is 0 Å². The average molecular weight is 286 g/mol. The number of primary sulfonamides is 1. The summed E-state index contributed by atoms with van der Waals surface area (Å²) in [5.74, 6) is -0.749. The van der Waals surface area contributed by atoms with Gasteiger partial charge in [0.1, 0.15) is 0 Å². The second-order valence-corrected chi connectivity index (χ2v) is 6.22. The van der Waals surface area contributed by atoms with E-state index in [1.165, 1.54) is 12.1 Å². The summed E-state index contributed by atoms with van der Waals surface area (Å²) in [5, 5.41) is 16.9. The van der Waals surface area contributed by atoms with E-state index >= 15 is 0 Å². The van der Waals surface area contributed by atoms with E-state index in [0.29, 0.717) is 5.69 Å². The summed E-state index contributed by atoms with van der Waals surface area (Å²) in [6, 6.07) is 5.68. The fourth-order valence-corrected chi connectivity index (χ4v) is 2.11. The zero-order valence-corrected chi connectivity index (χ0v) is 11.6. The third-order valence-corrected chi connectivity index (χ3v) is 3.66. The highest BCUT2D eigenvalue weighted by molar-refractivity contribution is 7.89. The maximum atomic E-state index is 11.1. The predicted octanol–water partition coefficient (Wildman–Crippen LogP) is 1.25.